The van der Waals surface area contributed by atoms with Crippen molar-refractivity contribution in [3.8, 4) is 0 Å². The number of nitrogens with zero attached hydrogens (tertiary/aromatic N) is 3. The molecule has 1 N–H and O–H groups in total. The van der Waals surface area contributed by atoms with Crippen LogP contribution in [0.1, 0.15) is 19.0 Å². The van der Waals surface area contributed by atoms with E-state index in [4.69, 9.17) is 4.98 Å². The van der Waals surface area contributed by atoms with E-state index in [-0.39, 0.29) is 0 Å². The lowest BCUT2D eigenvalue weighted by molar-refractivity contribution is 0.663. The Bertz CT molecular complexity index is 539. The lowest BCUT2D eigenvalue weighted by atomic mass is 10.3. The molecule has 19 heavy (non-hydrogen) atoms. The summed E-state index contributed by atoms with van der Waals surface area (Å²) in [6.45, 7) is 7.17. The van der Waals surface area contributed by atoms with Crippen LogP contribution in [0.25, 0.3) is 11.0 Å². The molecular formula is C15H22N4. The van der Waals surface area contributed by atoms with Gasteiger partial charge in [0, 0.05) is 20.1 Å². The summed E-state index contributed by atoms with van der Waals surface area (Å²) < 4.78 is 0. The fourth-order valence-corrected chi connectivity index (χ4v) is 2.09. The van der Waals surface area contributed by atoms with Gasteiger partial charge in [-0.1, -0.05) is 19.1 Å². The highest BCUT2D eigenvalue weighted by Gasteiger charge is 2.09. The van der Waals surface area contributed by atoms with E-state index in [9.17, 15) is 0 Å². The highest BCUT2D eigenvalue weighted by Crippen LogP contribution is 2.18. The van der Waals surface area contributed by atoms with Crippen LogP contribution in [0, 0.1) is 6.92 Å². The summed E-state index contributed by atoms with van der Waals surface area (Å²) in [5.41, 5.74) is 2.90. The predicted octanol–water partition coefficient (Wildman–Crippen LogP) is 2.37. The molecule has 0 saturated carbocycles. The fraction of sp³-hybridized carbons (Fsp3) is 0.467. The second-order valence-electron chi connectivity index (χ2n) is 4.79. The average molecular weight is 258 g/mol. The van der Waals surface area contributed by atoms with Gasteiger partial charge in [0.15, 0.2) is 5.82 Å². The zero-order valence-corrected chi connectivity index (χ0v) is 12.0. The minimum Gasteiger partial charge on any atom is -0.357 e. The van der Waals surface area contributed by atoms with Gasteiger partial charge < -0.3 is 10.2 Å². The Kier molecular flexibility index (Phi) is 4.68. The maximum Gasteiger partial charge on any atom is 0.150 e. The minimum absolute atomic E-state index is 0.938. The third-order valence-electron chi connectivity index (χ3n) is 3.13. The van der Waals surface area contributed by atoms with Gasteiger partial charge in [0.25, 0.3) is 0 Å². The number of likely N-dealkylation sites (N-methyl/N-ethyl adjacent to an activating group) is 1. The van der Waals surface area contributed by atoms with Crippen LogP contribution in [-0.2, 0) is 0 Å². The Morgan fingerprint density at radius 1 is 1.11 bits per heavy atom. The molecule has 4 nitrogen and oxygen atoms in total. The Morgan fingerprint density at radius 2 is 1.79 bits per heavy atom. The molecule has 4 heteroatoms. The van der Waals surface area contributed by atoms with Crippen molar-refractivity contribution < 1.29 is 0 Å². The van der Waals surface area contributed by atoms with Crippen molar-refractivity contribution in [2.75, 3.05) is 31.6 Å². The number of hydrogen-bond donors (Lipinski definition) is 1. The maximum absolute atomic E-state index is 4.71. The normalized spacial score (nSPS) is 10.9. The number of aryl methyl sites for hydroxylation is 1. The number of fused-ring (bicyclic) bond motifs is 1. The molecule has 0 aliphatic heterocycles. The van der Waals surface area contributed by atoms with Crippen LogP contribution in [0.4, 0.5) is 5.82 Å². The summed E-state index contributed by atoms with van der Waals surface area (Å²) in [7, 11) is 2.07. The fourth-order valence-electron chi connectivity index (χ4n) is 2.09. The zero-order chi connectivity index (χ0) is 13.7. The highest BCUT2D eigenvalue weighted by molar-refractivity contribution is 5.76. The monoisotopic (exact) mass is 258 g/mol. The molecule has 0 fully saturated rings. The lowest BCUT2D eigenvalue weighted by Crippen LogP contribution is -2.30. The molecule has 2 rings (SSSR count). The van der Waals surface area contributed by atoms with Crippen LogP contribution in [0.2, 0.25) is 0 Å². The van der Waals surface area contributed by atoms with Crippen molar-refractivity contribution in [3.63, 3.8) is 0 Å². The Morgan fingerprint density at radius 3 is 2.47 bits per heavy atom. The van der Waals surface area contributed by atoms with Crippen molar-refractivity contribution in [1.29, 1.82) is 0 Å². The summed E-state index contributed by atoms with van der Waals surface area (Å²) in [6.07, 6.45) is 1.17. The van der Waals surface area contributed by atoms with Crippen molar-refractivity contribution in [2.24, 2.45) is 0 Å². The topological polar surface area (TPSA) is 41.0 Å². The molecule has 0 spiro atoms. The number of hydrogen-bond acceptors (Lipinski definition) is 4. The molecule has 0 radical (unpaired) electrons. The molecular weight excluding hydrogens is 236 g/mol. The van der Waals surface area contributed by atoms with E-state index in [2.05, 4.69) is 29.2 Å². The van der Waals surface area contributed by atoms with Gasteiger partial charge in [-0.3, -0.25) is 0 Å². The van der Waals surface area contributed by atoms with E-state index >= 15 is 0 Å². The van der Waals surface area contributed by atoms with Gasteiger partial charge in [-0.05, 0) is 32.0 Å². The standard InChI is InChI=1S/C15H22N4/c1-4-9-16-10-11-19(3)15-12(2)17-13-7-5-6-8-14(13)18-15/h5-8,16H,4,9-11H2,1-3H3. The Labute approximate surface area is 114 Å². The largest absolute Gasteiger partial charge is 0.357 e. The average Bonchev–Trinajstić information content (AvgIpc) is 2.42. The van der Waals surface area contributed by atoms with Gasteiger partial charge in [-0.15, -0.1) is 0 Å². The number of aromatic nitrogens is 2. The first-order chi connectivity index (χ1) is 9.22. The number of rotatable bonds is 6. The van der Waals surface area contributed by atoms with Crippen LogP contribution in [0.15, 0.2) is 24.3 Å². The van der Waals surface area contributed by atoms with Crippen molar-refractivity contribution in [2.45, 2.75) is 20.3 Å². The molecule has 0 saturated heterocycles. The van der Waals surface area contributed by atoms with Gasteiger partial charge >= 0.3 is 0 Å². The molecule has 0 aliphatic rings. The molecule has 1 aromatic carbocycles. The van der Waals surface area contributed by atoms with Crippen LogP contribution >= 0.6 is 0 Å². The smallest absolute Gasteiger partial charge is 0.150 e. The predicted molar refractivity (Wildman–Crippen MR) is 80.7 cm³/mol. The van der Waals surface area contributed by atoms with Gasteiger partial charge in [-0.25, -0.2) is 9.97 Å². The first-order valence-corrected chi connectivity index (χ1v) is 6.87. The van der Waals surface area contributed by atoms with Gasteiger partial charge in [0.2, 0.25) is 0 Å². The summed E-state index contributed by atoms with van der Waals surface area (Å²) >= 11 is 0. The third-order valence-corrected chi connectivity index (χ3v) is 3.13. The molecule has 0 unspecified atom stereocenters. The van der Waals surface area contributed by atoms with E-state index in [1.807, 2.05) is 31.2 Å². The summed E-state index contributed by atoms with van der Waals surface area (Å²) in [5.74, 6) is 0.969. The third kappa shape index (κ3) is 3.41. The molecule has 0 bridgehead atoms. The molecule has 0 amide bonds. The first-order valence-electron chi connectivity index (χ1n) is 6.87. The number of anilines is 1. The van der Waals surface area contributed by atoms with E-state index < -0.39 is 0 Å². The van der Waals surface area contributed by atoms with Gasteiger partial charge in [0.1, 0.15) is 0 Å². The summed E-state index contributed by atoms with van der Waals surface area (Å²) in [6, 6.07) is 8.00. The Balaban J connectivity index is 2.12. The van der Waals surface area contributed by atoms with Gasteiger partial charge in [0.05, 0.1) is 16.7 Å². The highest BCUT2D eigenvalue weighted by atomic mass is 15.2. The molecule has 2 aromatic rings. The van der Waals surface area contributed by atoms with Gasteiger partial charge in [-0.2, -0.15) is 0 Å². The van der Waals surface area contributed by atoms with Crippen molar-refractivity contribution in [3.05, 3.63) is 30.0 Å². The van der Waals surface area contributed by atoms with E-state index in [0.29, 0.717) is 0 Å². The molecule has 0 aliphatic carbocycles. The van der Waals surface area contributed by atoms with E-state index in [1.165, 1.54) is 6.42 Å². The van der Waals surface area contributed by atoms with Crippen LogP contribution < -0.4 is 10.2 Å². The maximum atomic E-state index is 4.71. The van der Waals surface area contributed by atoms with Crippen LogP contribution in [-0.4, -0.2) is 36.6 Å². The van der Waals surface area contributed by atoms with Crippen molar-refractivity contribution >= 4 is 16.9 Å². The second kappa shape index (κ2) is 6.48. The number of benzene rings is 1. The minimum atomic E-state index is 0.938. The van der Waals surface area contributed by atoms with E-state index in [1.54, 1.807) is 0 Å². The quantitative estimate of drug-likeness (QED) is 0.808. The Hall–Kier alpha value is -1.68. The first kappa shape index (κ1) is 13.7. The second-order valence-corrected chi connectivity index (χ2v) is 4.79. The van der Waals surface area contributed by atoms with Crippen LogP contribution in [0.3, 0.4) is 0 Å². The number of nitrogens with one attached hydrogen (secondary N) is 1. The van der Waals surface area contributed by atoms with Crippen molar-refractivity contribution in [1.82, 2.24) is 15.3 Å². The zero-order valence-electron chi connectivity index (χ0n) is 12.0. The SMILES string of the molecule is CCCNCCN(C)c1nc2ccccc2nc1C. The van der Waals surface area contributed by atoms with Crippen LogP contribution in [0.5, 0.6) is 0 Å². The molecule has 1 heterocycles. The molecule has 1 aromatic heterocycles. The number of para-hydroxylation sites is 2. The van der Waals surface area contributed by atoms with E-state index in [0.717, 1.165) is 42.2 Å². The summed E-state index contributed by atoms with van der Waals surface area (Å²) in [4.78, 5) is 11.5. The lowest BCUT2D eigenvalue weighted by Gasteiger charge is -2.20. The molecule has 0 atom stereocenters. The summed E-state index contributed by atoms with van der Waals surface area (Å²) in [5, 5.41) is 3.40. The molecule has 102 valence electrons.